The van der Waals surface area contributed by atoms with Gasteiger partial charge in [-0.1, -0.05) is 12.2 Å². The number of hydrogen-bond acceptors (Lipinski definition) is 7. The third-order valence-electron chi connectivity index (χ3n) is 6.90. The summed E-state index contributed by atoms with van der Waals surface area (Å²) >= 11 is 0. The van der Waals surface area contributed by atoms with E-state index in [4.69, 9.17) is 18.9 Å². The van der Waals surface area contributed by atoms with Gasteiger partial charge in [0.25, 0.3) is 0 Å². The molecule has 0 aromatic heterocycles. The molecule has 5 aliphatic heterocycles. The zero-order valence-electron chi connectivity index (χ0n) is 17.1. The van der Waals surface area contributed by atoms with Gasteiger partial charge in [-0.15, -0.1) is 0 Å². The first kappa shape index (κ1) is 19.1. The highest BCUT2D eigenvalue weighted by Gasteiger charge is 2.67. The van der Waals surface area contributed by atoms with Crippen LogP contribution in [0.3, 0.4) is 0 Å². The average molecular weight is 427 g/mol. The summed E-state index contributed by atoms with van der Waals surface area (Å²) in [6, 6.07) is 5.46. The topological polar surface area (TPSA) is 89.6 Å². The van der Waals surface area contributed by atoms with E-state index in [0.717, 1.165) is 38.5 Å². The van der Waals surface area contributed by atoms with Crippen LogP contribution in [0.15, 0.2) is 30.4 Å². The van der Waals surface area contributed by atoms with E-state index in [-0.39, 0.29) is 24.7 Å². The Morgan fingerprint density at radius 3 is 2.90 bits per heavy atom. The smallest absolute Gasteiger partial charge is 0.234 e. The first-order valence-corrected chi connectivity index (χ1v) is 10.8. The third kappa shape index (κ3) is 3.02. The molecule has 1 spiro atoms. The van der Waals surface area contributed by atoms with Crippen molar-refractivity contribution in [3.05, 3.63) is 30.4 Å². The largest absolute Gasteiger partial charge is 0.454 e. The molecule has 5 aliphatic rings. The van der Waals surface area contributed by atoms with Gasteiger partial charge in [-0.3, -0.25) is 14.5 Å². The second kappa shape index (κ2) is 7.22. The summed E-state index contributed by atoms with van der Waals surface area (Å²) in [4.78, 5) is 30.5. The van der Waals surface area contributed by atoms with E-state index in [2.05, 4.69) is 10.2 Å². The molecule has 0 saturated carbocycles. The number of hydrogen-bond donors (Lipinski definition) is 1. The second-order valence-corrected chi connectivity index (χ2v) is 8.61. The Kier molecular flexibility index (Phi) is 4.45. The molecule has 31 heavy (non-hydrogen) atoms. The van der Waals surface area contributed by atoms with Gasteiger partial charge >= 0.3 is 0 Å². The van der Waals surface area contributed by atoms with Gasteiger partial charge in [0.15, 0.2) is 11.5 Å². The molecule has 2 bridgehead atoms. The molecule has 1 aromatic carbocycles. The number of amides is 2. The maximum absolute atomic E-state index is 13.4. The maximum Gasteiger partial charge on any atom is 0.234 e. The summed E-state index contributed by atoms with van der Waals surface area (Å²) in [5.74, 6) is 0.0632. The molecule has 0 aliphatic carbocycles. The summed E-state index contributed by atoms with van der Waals surface area (Å²) in [5.41, 5.74) is -0.0189. The van der Waals surface area contributed by atoms with E-state index in [1.807, 2.05) is 24.3 Å². The lowest BCUT2D eigenvalue weighted by molar-refractivity contribution is -0.132. The Morgan fingerprint density at radius 1 is 1.19 bits per heavy atom. The second-order valence-electron chi connectivity index (χ2n) is 8.61. The fourth-order valence-electron chi connectivity index (χ4n) is 5.35. The molecule has 2 amide bonds. The highest BCUT2D eigenvalue weighted by Crippen LogP contribution is 2.53. The lowest BCUT2D eigenvalue weighted by Crippen LogP contribution is -2.46. The summed E-state index contributed by atoms with van der Waals surface area (Å²) in [7, 11) is 0. The minimum Gasteiger partial charge on any atom is -0.454 e. The zero-order chi connectivity index (χ0) is 21.0. The van der Waals surface area contributed by atoms with Crippen molar-refractivity contribution in [3.63, 3.8) is 0 Å². The van der Waals surface area contributed by atoms with Crippen LogP contribution in [0.2, 0.25) is 0 Å². The number of ether oxygens (including phenoxy) is 4. The highest BCUT2D eigenvalue weighted by molar-refractivity contribution is 6.03. The molecular formula is C22H25N3O6. The number of carbonyl (C=O) groups is 2. The molecule has 9 heteroatoms. The zero-order valence-corrected chi connectivity index (χ0v) is 17.1. The Bertz CT molecular complexity index is 945. The van der Waals surface area contributed by atoms with E-state index in [1.165, 1.54) is 0 Å². The lowest BCUT2D eigenvalue weighted by Gasteiger charge is -2.27. The van der Waals surface area contributed by atoms with Gasteiger partial charge in [0.05, 0.1) is 37.7 Å². The number of carbonyl (C=O) groups excluding carboxylic acids is 2. The van der Waals surface area contributed by atoms with E-state index in [0.29, 0.717) is 24.6 Å². The Labute approximate surface area is 179 Å². The molecule has 3 saturated heterocycles. The van der Waals surface area contributed by atoms with Gasteiger partial charge in [-0.2, -0.15) is 0 Å². The van der Waals surface area contributed by atoms with Crippen molar-refractivity contribution < 1.29 is 28.5 Å². The standard InChI is InChI=1S/C22H25N3O6/c26-20(23-5-6-24-7-9-28-10-8-24)18-16-3-4-22(31-16)12-25(21(27)19(18)22)14-1-2-15-17(11-14)30-13-29-15/h1-4,11,16,18-19H,5-10,12-13H2,(H,23,26)/t16-,18?,19?,22?/m1/s1. The van der Waals surface area contributed by atoms with Crippen LogP contribution >= 0.6 is 0 Å². The quantitative estimate of drug-likeness (QED) is 0.669. The molecule has 3 fully saturated rings. The molecule has 9 nitrogen and oxygen atoms in total. The molecule has 0 radical (unpaired) electrons. The number of rotatable bonds is 5. The van der Waals surface area contributed by atoms with Crippen LogP contribution in [0.1, 0.15) is 0 Å². The van der Waals surface area contributed by atoms with Gasteiger partial charge in [-0.25, -0.2) is 0 Å². The van der Waals surface area contributed by atoms with E-state index < -0.39 is 17.4 Å². The van der Waals surface area contributed by atoms with Crippen LogP contribution in [-0.2, 0) is 19.1 Å². The molecule has 1 aromatic rings. The SMILES string of the molecule is O=C(NCCN1CCOCC1)C1C2C(=O)N(c3ccc4c(c3)OCO4)CC23C=C[C@H]1O3. The fraction of sp³-hybridized carbons (Fsp3) is 0.545. The number of fused-ring (bicyclic) bond motifs is 2. The van der Waals surface area contributed by atoms with Gasteiger partial charge in [0, 0.05) is 37.9 Å². The average Bonchev–Trinajstić information content (AvgIpc) is 3.54. The summed E-state index contributed by atoms with van der Waals surface area (Å²) in [5, 5.41) is 3.03. The lowest BCUT2D eigenvalue weighted by atomic mass is 9.77. The number of morpholine rings is 1. The van der Waals surface area contributed by atoms with Crippen LogP contribution in [0.25, 0.3) is 0 Å². The van der Waals surface area contributed by atoms with Gasteiger partial charge in [-0.05, 0) is 12.1 Å². The molecule has 6 rings (SSSR count). The van der Waals surface area contributed by atoms with E-state index in [9.17, 15) is 9.59 Å². The Balaban J connectivity index is 1.17. The van der Waals surface area contributed by atoms with Crippen molar-refractivity contribution in [1.82, 2.24) is 10.2 Å². The summed E-state index contributed by atoms with van der Waals surface area (Å²) in [6.07, 6.45) is 3.54. The van der Waals surface area contributed by atoms with Gasteiger partial charge in [0.2, 0.25) is 18.6 Å². The van der Waals surface area contributed by atoms with Crippen molar-refractivity contribution in [1.29, 1.82) is 0 Å². The number of nitrogens with zero attached hydrogens (tertiary/aromatic N) is 2. The summed E-state index contributed by atoms with van der Waals surface area (Å²) in [6.45, 7) is 5.10. The molecule has 5 heterocycles. The maximum atomic E-state index is 13.4. The van der Waals surface area contributed by atoms with E-state index >= 15 is 0 Å². The van der Waals surface area contributed by atoms with Crippen molar-refractivity contribution in [2.75, 3.05) is 57.6 Å². The van der Waals surface area contributed by atoms with E-state index in [1.54, 1.807) is 11.0 Å². The van der Waals surface area contributed by atoms with Crippen LogP contribution in [0, 0.1) is 11.8 Å². The van der Waals surface area contributed by atoms with Crippen LogP contribution in [0.4, 0.5) is 5.69 Å². The number of anilines is 1. The molecule has 1 N–H and O–H groups in total. The Hall–Kier alpha value is -2.62. The molecule has 3 unspecified atom stereocenters. The highest BCUT2D eigenvalue weighted by atomic mass is 16.7. The first-order chi connectivity index (χ1) is 15.1. The predicted octanol–water partition coefficient (Wildman–Crippen LogP) is 0.150. The van der Waals surface area contributed by atoms with Gasteiger partial charge in [0.1, 0.15) is 5.60 Å². The fourth-order valence-corrected chi connectivity index (χ4v) is 5.35. The number of benzene rings is 1. The third-order valence-corrected chi connectivity index (χ3v) is 6.90. The van der Waals surface area contributed by atoms with Crippen molar-refractivity contribution in [2.45, 2.75) is 11.7 Å². The van der Waals surface area contributed by atoms with Gasteiger partial charge < -0.3 is 29.2 Å². The minimum atomic E-state index is -0.746. The number of nitrogens with one attached hydrogen (secondary N) is 1. The Morgan fingerprint density at radius 2 is 2.03 bits per heavy atom. The van der Waals surface area contributed by atoms with Crippen LogP contribution in [-0.4, -0.2) is 81.1 Å². The molecule has 4 atom stereocenters. The van der Waals surface area contributed by atoms with Crippen LogP contribution in [0.5, 0.6) is 11.5 Å². The first-order valence-electron chi connectivity index (χ1n) is 10.8. The van der Waals surface area contributed by atoms with Crippen LogP contribution < -0.4 is 19.7 Å². The van der Waals surface area contributed by atoms with Crippen molar-refractivity contribution >= 4 is 17.5 Å². The molecule has 164 valence electrons. The van der Waals surface area contributed by atoms with Crippen molar-refractivity contribution in [3.8, 4) is 11.5 Å². The predicted molar refractivity (Wildman–Crippen MR) is 109 cm³/mol. The monoisotopic (exact) mass is 427 g/mol. The van der Waals surface area contributed by atoms with Crippen molar-refractivity contribution in [2.24, 2.45) is 11.8 Å². The minimum absolute atomic E-state index is 0.0842. The summed E-state index contributed by atoms with van der Waals surface area (Å²) < 4.78 is 22.4. The normalized spacial score (nSPS) is 33.2. The molecular weight excluding hydrogens is 402 g/mol.